The van der Waals surface area contributed by atoms with Crippen molar-refractivity contribution in [3.63, 3.8) is 0 Å². The highest BCUT2D eigenvalue weighted by Crippen LogP contribution is 2.27. The molecule has 1 aromatic carbocycles. The van der Waals surface area contributed by atoms with Gasteiger partial charge in [-0.25, -0.2) is 0 Å². The van der Waals surface area contributed by atoms with Crippen molar-refractivity contribution in [2.75, 3.05) is 13.2 Å². The molecule has 1 N–H and O–H groups in total. The Morgan fingerprint density at radius 2 is 1.95 bits per heavy atom. The predicted molar refractivity (Wildman–Crippen MR) is 74.0 cm³/mol. The van der Waals surface area contributed by atoms with Gasteiger partial charge in [0.2, 0.25) is 0 Å². The number of halogens is 1. The number of nitriles is 1. The summed E-state index contributed by atoms with van der Waals surface area (Å²) in [6, 6.07) is 7.49. The predicted octanol–water partition coefficient (Wildman–Crippen LogP) is 3.76. The Labute approximate surface area is 116 Å². The molecule has 0 radical (unpaired) electrons. The number of benzene rings is 1. The molecule has 0 atom stereocenters. The van der Waals surface area contributed by atoms with Crippen LogP contribution < -0.4 is 0 Å². The van der Waals surface area contributed by atoms with Crippen LogP contribution in [0.2, 0.25) is 5.02 Å². The third kappa shape index (κ3) is 2.90. The molecule has 0 spiro atoms. The Morgan fingerprint density at radius 3 is 2.53 bits per heavy atom. The van der Waals surface area contributed by atoms with Gasteiger partial charge in [0, 0.05) is 24.1 Å². The molecule has 1 aromatic heterocycles. The highest BCUT2D eigenvalue weighted by atomic mass is 35.5. The van der Waals surface area contributed by atoms with E-state index in [9.17, 15) is 0 Å². The molecule has 0 aliphatic heterocycles. The Morgan fingerprint density at radius 1 is 1.26 bits per heavy atom. The molecule has 2 aromatic rings. The van der Waals surface area contributed by atoms with Gasteiger partial charge in [-0.2, -0.15) is 5.26 Å². The number of hydrogen-bond donors (Lipinski definition) is 1. The molecule has 1 heterocycles. The van der Waals surface area contributed by atoms with Gasteiger partial charge in [-0.1, -0.05) is 11.6 Å². The summed E-state index contributed by atoms with van der Waals surface area (Å²) < 4.78 is 11.1. The first-order valence-corrected chi connectivity index (χ1v) is 6.52. The monoisotopic (exact) mass is 278 g/mol. The van der Waals surface area contributed by atoms with Crippen molar-refractivity contribution in [1.29, 1.82) is 5.26 Å². The molecule has 0 fully saturated rings. The normalized spacial score (nSPS) is 11.1. The van der Waals surface area contributed by atoms with Gasteiger partial charge in [-0.3, -0.25) is 0 Å². The lowest BCUT2D eigenvalue weighted by atomic mass is 10.2. The lowest BCUT2D eigenvalue weighted by molar-refractivity contribution is -0.142. The second kappa shape index (κ2) is 6.07. The minimum Gasteiger partial charge on any atom is -0.354 e. The van der Waals surface area contributed by atoms with Crippen LogP contribution in [0, 0.1) is 11.3 Å². The Balaban J connectivity index is 2.42. The summed E-state index contributed by atoms with van der Waals surface area (Å²) in [6.45, 7) is 4.95. The summed E-state index contributed by atoms with van der Waals surface area (Å²) in [5.41, 5.74) is 2.12. The molecule has 2 rings (SSSR count). The zero-order valence-electron chi connectivity index (χ0n) is 10.9. The van der Waals surface area contributed by atoms with Crippen molar-refractivity contribution in [2.45, 2.75) is 20.1 Å². The molecular weight excluding hydrogens is 264 g/mol. The largest absolute Gasteiger partial charge is 0.354 e. The van der Waals surface area contributed by atoms with Crippen LogP contribution in [0.15, 0.2) is 18.2 Å². The van der Waals surface area contributed by atoms with Crippen LogP contribution >= 0.6 is 11.6 Å². The molecule has 0 bridgehead atoms. The van der Waals surface area contributed by atoms with Crippen LogP contribution in [0.1, 0.15) is 31.4 Å². The highest BCUT2D eigenvalue weighted by molar-refractivity contribution is 6.32. The fourth-order valence-electron chi connectivity index (χ4n) is 1.92. The standard InChI is InChI=1S/C14H15ClN2O2/c1-3-18-14(19-4-2)13-6-9-5-11(15)10(8-16)7-12(9)17-13/h5-7,14,17H,3-4H2,1-2H3. The lowest BCUT2D eigenvalue weighted by Gasteiger charge is -2.15. The zero-order valence-corrected chi connectivity index (χ0v) is 11.6. The number of fused-ring (bicyclic) bond motifs is 1. The van der Waals surface area contributed by atoms with E-state index in [1.54, 1.807) is 12.1 Å². The third-order valence-corrected chi connectivity index (χ3v) is 3.05. The van der Waals surface area contributed by atoms with E-state index < -0.39 is 6.29 Å². The smallest absolute Gasteiger partial charge is 0.198 e. The minimum atomic E-state index is -0.424. The van der Waals surface area contributed by atoms with Gasteiger partial charge in [-0.15, -0.1) is 0 Å². The number of rotatable bonds is 5. The average Bonchev–Trinajstić information content (AvgIpc) is 2.80. The first kappa shape index (κ1) is 13.9. The highest BCUT2D eigenvalue weighted by Gasteiger charge is 2.15. The molecular formula is C14H15ClN2O2. The SMILES string of the molecule is CCOC(OCC)c1cc2cc(Cl)c(C#N)cc2[nH]1. The van der Waals surface area contributed by atoms with Gasteiger partial charge in [-0.05, 0) is 32.0 Å². The fourth-order valence-corrected chi connectivity index (χ4v) is 2.13. The van der Waals surface area contributed by atoms with E-state index in [1.165, 1.54) is 0 Å². The lowest BCUT2D eigenvalue weighted by Crippen LogP contribution is -2.08. The van der Waals surface area contributed by atoms with Crippen molar-refractivity contribution < 1.29 is 9.47 Å². The van der Waals surface area contributed by atoms with Gasteiger partial charge in [0.05, 0.1) is 16.3 Å². The number of ether oxygens (including phenoxy) is 2. The number of aromatic amines is 1. The van der Waals surface area contributed by atoms with Crippen LogP contribution in [-0.4, -0.2) is 18.2 Å². The number of nitrogens with one attached hydrogen (secondary N) is 1. The summed E-state index contributed by atoms with van der Waals surface area (Å²) in [7, 11) is 0. The number of H-pyrrole nitrogens is 1. The van der Waals surface area contributed by atoms with E-state index in [0.29, 0.717) is 23.8 Å². The molecule has 0 aliphatic carbocycles. The maximum atomic E-state index is 8.96. The molecule has 100 valence electrons. The van der Waals surface area contributed by atoms with Crippen LogP contribution in [0.25, 0.3) is 10.9 Å². The van der Waals surface area contributed by atoms with Crippen molar-refractivity contribution >= 4 is 22.5 Å². The van der Waals surface area contributed by atoms with E-state index >= 15 is 0 Å². The first-order chi connectivity index (χ1) is 9.19. The van der Waals surface area contributed by atoms with E-state index in [2.05, 4.69) is 11.1 Å². The molecule has 4 nitrogen and oxygen atoms in total. The van der Waals surface area contributed by atoms with Gasteiger partial charge in [0.15, 0.2) is 6.29 Å². The van der Waals surface area contributed by atoms with E-state index in [0.717, 1.165) is 16.6 Å². The summed E-state index contributed by atoms with van der Waals surface area (Å²) in [5.74, 6) is 0. The summed E-state index contributed by atoms with van der Waals surface area (Å²) in [6.07, 6.45) is -0.424. The molecule has 0 amide bonds. The van der Waals surface area contributed by atoms with Crippen LogP contribution in [0.5, 0.6) is 0 Å². The second-order valence-corrected chi connectivity index (χ2v) is 4.41. The summed E-state index contributed by atoms with van der Waals surface area (Å²) >= 11 is 6.02. The molecule has 0 aliphatic rings. The molecule has 0 saturated heterocycles. The number of nitrogens with zero attached hydrogens (tertiary/aromatic N) is 1. The second-order valence-electron chi connectivity index (χ2n) is 4.00. The topological polar surface area (TPSA) is 58.0 Å². The van der Waals surface area contributed by atoms with Gasteiger partial charge >= 0.3 is 0 Å². The summed E-state index contributed by atoms with van der Waals surface area (Å²) in [4.78, 5) is 3.21. The van der Waals surface area contributed by atoms with Crippen molar-refractivity contribution in [2.24, 2.45) is 0 Å². The zero-order chi connectivity index (χ0) is 13.8. The van der Waals surface area contributed by atoms with E-state index in [4.69, 9.17) is 26.3 Å². The van der Waals surface area contributed by atoms with Crippen molar-refractivity contribution in [1.82, 2.24) is 4.98 Å². The van der Waals surface area contributed by atoms with Crippen LogP contribution in [0.4, 0.5) is 0 Å². The summed E-state index contributed by atoms with van der Waals surface area (Å²) in [5, 5.41) is 10.3. The van der Waals surface area contributed by atoms with Crippen molar-refractivity contribution in [3.05, 3.63) is 34.5 Å². The van der Waals surface area contributed by atoms with E-state index in [-0.39, 0.29) is 0 Å². The van der Waals surface area contributed by atoms with Gasteiger partial charge in [0.25, 0.3) is 0 Å². The maximum absolute atomic E-state index is 8.96. The molecule has 0 saturated carbocycles. The molecule has 19 heavy (non-hydrogen) atoms. The first-order valence-electron chi connectivity index (χ1n) is 6.15. The Bertz CT molecular complexity index is 610. The molecule has 5 heteroatoms. The average molecular weight is 279 g/mol. The fraction of sp³-hybridized carbons (Fsp3) is 0.357. The van der Waals surface area contributed by atoms with E-state index in [1.807, 2.05) is 19.9 Å². The number of hydrogen-bond acceptors (Lipinski definition) is 3. The van der Waals surface area contributed by atoms with Gasteiger partial charge in [0.1, 0.15) is 6.07 Å². The van der Waals surface area contributed by atoms with Gasteiger partial charge < -0.3 is 14.5 Å². The maximum Gasteiger partial charge on any atom is 0.198 e. The Kier molecular flexibility index (Phi) is 4.43. The van der Waals surface area contributed by atoms with Crippen LogP contribution in [0.3, 0.4) is 0 Å². The number of aromatic nitrogens is 1. The van der Waals surface area contributed by atoms with Crippen molar-refractivity contribution in [3.8, 4) is 6.07 Å². The third-order valence-electron chi connectivity index (χ3n) is 2.74. The Hall–Kier alpha value is -1.54. The minimum absolute atomic E-state index is 0.424. The molecule has 0 unspecified atom stereocenters. The quantitative estimate of drug-likeness (QED) is 0.847. The van der Waals surface area contributed by atoms with Crippen LogP contribution in [-0.2, 0) is 9.47 Å².